The molecule has 3 heterocycles. The SMILES string of the molecule is Cn1c(N2CCO[C@H](C3C=CC=C(F)C3)C2)nc(-c2ccncn2)cc1=O. The molecule has 0 amide bonds. The fourth-order valence-electron chi connectivity index (χ4n) is 3.42. The summed E-state index contributed by atoms with van der Waals surface area (Å²) in [4.78, 5) is 27.2. The maximum Gasteiger partial charge on any atom is 0.255 e. The van der Waals surface area contributed by atoms with Gasteiger partial charge in [0.25, 0.3) is 5.56 Å². The Morgan fingerprint density at radius 3 is 3.00 bits per heavy atom. The maximum absolute atomic E-state index is 13.6. The highest BCUT2D eigenvalue weighted by Crippen LogP contribution is 2.27. The first-order chi connectivity index (χ1) is 13.1. The second-order valence-corrected chi connectivity index (χ2v) is 6.65. The number of hydrogen-bond acceptors (Lipinski definition) is 6. The third-order valence-corrected chi connectivity index (χ3v) is 4.88. The molecule has 0 bridgehead atoms. The van der Waals surface area contributed by atoms with Gasteiger partial charge in [-0.15, -0.1) is 0 Å². The number of nitrogens with zero attached hydrogens (tertiary/aromatic N) is 5. The molecule has 2 aliphatic rings. The minimum atomic E-state index is -0.164. The molecule has 8 heteroatoms. The monoisotopic (exact) mass is 369 g/mol. The van der Waals surface area contributed by atoms with E-state index in [1.807, 2.05) is 11.0 Å². The van der Waals surface area contributed by atoms with E-state index in [9.17, 15) is 9.18 Å². The second kappa shape index (κ2) is 7.40. The average molecular weight is 369 g/mol. The molecule has 2 aromatic rings. The van der Waals surface area contributed by atoms with Gasteiger partial charge < -0.3 is 9.64 Å². The van der Waals surface area contributed by atoms with E-state index >= 15 is 0 Å². The minimum absolute atomic E-state index is 0.0279. The highest BCUT2D eigenvalue weighted by atomic mass is 19.1. The molecule has 0 N–H and O–H groups in total. The summed E-state index contributed by atoms with van der Waals surface area (Å²) in [5.41, 5.74) is 0.935. The first-order valence-electron chi connectivity index (χ1n) is 8.85. The van der Waals surface area contributed by atoms with Gasteiger partial charge in [0, 0.05) is 44.7 Å². The summed E-state index contributed by atoms with van der Waals surface area (Å²) in [6, 6.07) is 3.18. The van der Waals surface area contributed by atoms with Crippen molar-refractivity contribution in [3.8, 4) is 11.4 Å². The Bertz CT molecular complexity index is 941. The molecule has 0 aromatic carbocycles. The Morgan fingerprint density at radius 1 is 1.33 bits per heavy atom. The molecule has 1 aliphatic carbocycles. The Balaban J connectivity index is 1.62. The van der Waals surface area contributed by atoms with Crippen LogP contribution in [-0.4, -0.2) is 45.3 Å². The average Bonchev–Trinajstić information content (AvgIpc) is 2.71. The first kappa shape index (κ1) is 17.5. The van der Waals surface area contributed by atoms with E-state index in [1.54, 1.807) is 25.4 Å². The fourth-order valence-corrected chi connectivity index (χ4v) is 3.42. The zero-order chi connectivity index (χ0) is 18.8. The van der Waals surface area contributed by atoms with Crippen molar-refractivity contribution in [3.63, 3.8) is 0 Å². The summed E-state index contributed by atoms with van der Waals surface area (Å²) in [7, 11) is 1.70. The summed E-state index contributed by atoms with van der Waals surface area (Å²) in [5, 5.41) is 0. The van der Waals surface area contributed by atoms with E-state index < -0.39 is 0 Å². The highest BCUT2D eigenvalue weighted by molar-refractivity contribution is 5.55. The molecule has 7 nitrogen and oxygen atoms in total. The van der Waals surface area contributed by atoms with Crippen LogP contribution in [0, 0.1) is 5.92 Å². The van der Waals surface area contributed by atoms with Crippen LogP contribution in [0.25, 0.3) is 11.4 Å². The van der Waals surface area contributed by atoms with Crippen LogP contribution in [0.15, 0.2) is 53.5 Å². The lowest BCUT2D eigenvalue weighted by molar-refractivity contribution is 0.0120. The lowest BCUT2D eigenvalue weighted by Crippen LogP contribution is -2.47. The maximum atomic E-state index is 13.6. The first-order valence-corrected chi connectivity index (χ1v) is 8.85. The minimum Gasteiger partial charge on any atom is -0.374 e. The predicted molar refractivity (Wildman–Crippen MR) is 98.9 cm³/mol. The molecular weight excluding hydrogens is 349 g/mol. The van der Waals surface area contributed by atoms with Gasteiger partial charge in [0.2, 0.25) is 5.95 Å². The molecule has 4 rings (SSSR count). The molecule has 2 atom stereocenters. The van der Waals surface area contributed by atoms with Gasteiger partial charge in [0.15, 0.2) is 0 Å². The molecule has 1 saturated heterocycles. The molecule has 1 aliphatic heterocycles. The summed E-state index contributed by atoms with van der Waals surface area (Å²) in [6.45, 7) is 1.64. The lowest BCUT2D eigenvalue weighted by atomic mass is 9.93. The van der Waals surface area contributed by atoms with E-state index in [0.717, 1.165) is 0 Å². The predicted octanol–water partition coefficient (Wildman–Crippen LogP) is 1.87. The number of rotatable bonds is 3. The number of aromatic nitrogens is 4. The van der Waals surface area contributed by atoms with Crippen LogP contribution in [0.4, 0.5) is 10.3 Å². The van der Waals surface area contributed by atoms with Crippen LogP contribution >= 0.6 is 0 Å². The molecule has 2 aromatic heterocycles. The number of hydrogen-bond donors (Lipinski definition) is 0. The van der Waals surface area contributed by atoms with Gasteiger partial charge in [-0.1, -0.05) is 12.2 Å². The van der Waals surface area contributed by atoms with Crippen molar-refractivity contribution in [2.24, 2.45) is 13.0 Å². The molecule has 1 fully saturated rings. The topological polar surface area (TPSA) is 73.1 Å². The molecule has 140 valence electrons. The Kier molecular flexibility index (Phi) is 4.81. The summed E-state index contributed by atoms with van der Waals surface area (Å²) in [5.74, 6) is 0.389. The number of ether oxygens (including phenoxy) is 1. The highest BCUT2D eigenvalue weighted by Gasteiger charge is 2.30. The van der Waals surface area contributed by atoms with Gasteiger partial charge in [-0.3, -0.25) is 9.36 Å². The largest absolute Gasteiger partial charge is 0.374 e. The van der Waals surface area contributed by atoms with Gasteiger partial charge >= 0.3 is 0 Å². The van der Waals surface area contributed by atoms with E-state index in [0.29, 0.717) is 43.5 Å². The van der Waals surface area contributed by atoms with E-state index in [1.165, 1.54) is 23.0 Å². The van der Waals surface area contributed by atoms with Gasteiger partial charge in [0.1, 0.15) is 12.2 Å². The fraction of sp³-hybridized carbons (Fsp3) is 0.368. The van der Waals surface area contributed by atoms with Gasteiger partial charge in [-0.05, 0) is 12.1 Å². The van der Waals surface area contributed by atoms with Crippen molar-refractivity contribution in [1.29, 1.82) is 0 Å². The van der Waals surface area contributed by atoms with Crippen LogP contribution < -0.4 is 10.5 Å². The smallest absolute Gasteiger partial charge is 0.255 e. The van der Waals surface area contributed by atoms with Gasteiger partial charge in [0.05, 0.1) is 24.1 Å². The van der Waals surface area contributed by atoms with Crippen molar-refractivity contribution in [3.05, 3.63) is 59.1 Å². The van der Waals surface area contributed by atoms with Crippen molar-refractivity contribution < 1.29 is 9.13 Å². The quantitative estimate of drug-likeness (QED) is 0.822. The summed E-state index contributed by atoms with van der Waals surface area (Å²) < 4.78 is 21.0. The standard InChI is InChI=1S/C19H20FN5O2/c1-24-18(26)10-16(15-5-6-21-12-22-15)23-19(24)25-7-8-27-17(11-25)13-3-2-4-14(20)9-13/h2-6,10,12-13,17H,7-9,11H2,1H3/t13?,17-/m0/s1. The zero-order valence-corrected chi connectivity index (χ0v) is 15.0. The number of allylic oxidation sites excluding steroid dienone is 3. The summed E-state index contributed by atoms with van der Waals surface area (Å²) in [6.07, 6.45) is 8.40. The van der Waals surface area contributed by atoms with Crippen LogP contribution in [0.5, 0.6) is 0 Å². The number of morpholine rings is 1. The molecule has 0 spiro atoms. The third kappa shape index (κ3) is 3.66. The van der Waals surface area contributed by atoms with E-state index in [-0.39, 0.29) is 23.4 Å². The second-order valence-electron chi connectivity index (χ2n) is 6.65. The van der Waals surface area contributed by atoms with Crippen LogP contribution in [0.1, 0.15) is 6.42 Å². The van der Waals surface area contributed by atoms with Crippen molar-refractivity contribution in [2.45, 2.75) is 12.5 Å². The molecule has 0 radical (unpaired) electrons. The van der Waals surface area contributed by atoms with Crippen LogP contribution in [-0.2, 0) is 11.8 Å². The molecule has 1 unspecified atom stereocenters. The zero-order valence-electron chi connectivity index (χ0n) is 15.0. The molecular formula is C19H20FN5O2. The Morgan fingerprint density at radius 2 is 2.22 bits per heavy atom. The molecule has 27 heavy (non-hydrogen) atoms. The van der Waals surface area contributed by atoms with Crippen molar-refractivity contribution in [2.75, 3.05) is 24.6 Å². The van der Waals surface area contributed by atoms with E-state index in [2.05, 4.69) is 15.0 Å². The Hall–Kier alpha value is -2.87. The van der Waals surface area contributed by atoms with Crippen LogP contribution in [0.3, 0.4) is 0 Å². The lowest BCUT2D eigenvalue weighted by Gasteiger charge is -2.37. The van der Waals surface area contributed by atoms with E-state index in [4.69, 9.17) is 4.74 Å². The number of anilines is 1. The van der Waals surface area contributed by atoms with Crippen molar-refractivity contribution in [1.82, 2.24) is 19.5 Å². The normalized spacial score (nSPS) is 22.6. The van der Waals surface area contributed by atoms with Crippen LogP contribution in [0.2, 0.25) is 0 Å². The Labute approximate surface area is 155 Å². The van der Waals surface area contributed by atoms with Crippen molar-refractivity contribution >= 4 is 5.95 Å². The number of halogens is 1. The summed E-state index contributed by atoms with van der Waals surface area (Å²) >= 11 is 0. The van der Waals surface area contributed by atoms with Gasteiger partial charge in [-0.2, -0.15) is 0 Å². The molecule has 0 saturated carbocycles. The van der Waals surface area contributed by atoms with Gasteiger partial charge in [-0.25, -0.2) is 19.3 Å². The third-order valence-electron chi connectivity index (χ3n) is 4.88.